The summed E-state index contributed by atoms with van der Waals surface area (Å²) >= 11 is 0. The molecular formula is C20H22N2O4. The van der Waals surface area contributed by atoms with Crippen LogP contribution in [-0.2, 0) is 16.0 Å². The molecule has 0 saturated carbocycles. The lowest BCUT2D eigenvalue weighted by Crippen LogP contribution is -2.39. The fraction of sp³-hybridized carbons (Fsp3) is 0.300. The molecule has 0 aromatic heterocycles. The van der Waals surface area contributed by atoms with Crippen LogP contribution in [0.3, 0.4) is 0 Å². The Hall–Kier alpha value is -2.86. The van der Waals surface area contributed by atoms with Gasteiger partial charge in [0.05, 0.1) is 32.4 Å². The first-order valence-electron chi connectivity index (χ1n) is 8.49. The Labute approximate surface area is 152 Å². The first-order chi connectivity index (χ1) is 12.6. The Morgan fingerprint density at radius 1 is 1.04 bits per heavy atom. The molecule has 0 spiro atoms. The van der Waals surface area contributed by atoms with E-state index in [9.17, 15) is 9.59 Å². The molecule has 2 amide bonds. The van der Waals surface area contributed by atoms with Crippen molar-refractivity contribution in [1.29, 1.82) is 0 Å². The van der Waals surface area contributed by atoms with E-state index in [-0.39, 0.29) is 18.2 Å². The molecule has 0 bridgehead atoms. The van der Waals surface area contributed by atoms with Crippen molar-refractivity contribution >= 4 is 17.5 Å². The van der Waals surface area contributed by atoms with Crippen molar-refractivity contribution < 1.29 is 19.1 Å². The molecule has 1 aliphatic heterocycles. The monoisotopic (exact) mass is 354 g/mol. The highest BCUT2D eigenvalue weighted by Crippen LogP contribution is 2.25. The van der Waals surface area contributed by atoms with E-state index >= 15 is 0 Å². The second-order valence-corrected chi connectivity index (χ2v) is 6.08. The number of benzene rings is 2. The summed E-state index contributed by atoms with van der Waals surface area (Å²) in [6.45, 7) is 0.604. The van der Waals surface area contributed by atoms with Crippen LogP contribution in [0.5, 0.6) is 11.5 Å². The van der Waals surface area contributed by atoms with Crippen molar-refractivity contribution in [2.45, 2.75) is 18.9 Å². The predicted octanol–water partition coefficient (Wildman–Crippen LogP) is 2.17. The summed E-state index contributed by atoms with van der Waals surface area (Å²) in [5.74, 6) is 1.07. The molecule has 1 aliphatic rings. The van der Waals surface area contributed by atoms with Crippen LogP contribution in [0.2, 0.25) is 0 Å². The van der Waals surface area contributed by atoms with Crippen molar-refractivity contribution in [1.82, 2.24) is 5.32 Å². The molecule has 0 aliphatic carbocycles. The van der Waals surface area contributed by atoms with Crippen LogP contribution in [0.4, 0.5) is 5.69 Å². The molecule has 26 heavy (non-hydrogen) atoms. The minimum atomic E-state index is -0.491. The molecule has 1 heterocycles. The zero-order chi connectivity index (χ0) is 18.5. The number of carbonyl (C=O) groups excluding carboxylic acids is 2. The first-order valence-corrected chi connectivity index (χ1v) is 8.49. The van der Waals surface area contributed by atoms with Gasteiger partial charge in [-0.25, -0.2) is 4.90 Å². The maximum absolute atomic E-state index is 12.6. The molecule has 2 aromatic rings. The van der Waals surface area contributed by atoms with Crippen LogP contribution in [0, 0.1) is 0 Å². The molecule has 3 rings (SSSR count). The number of hydrogen-bond acceptors (Lipinski definition) is 5. The lowest BCUT2D eigenvalue weighted by molar-refractivity contribution is -0.121. The van der Waals surface area contributed by atoms with Crippen LogP contribution in [0.15, 0.2) is 48.5 Å². The van der Waals surface area contributed by atoms with E-state index in [2.05, 4.69) is 5.32 Å². The van der Waals surface area contributed by atoms with Crippen LogP contribution >= 0.6 is 0 Å². The van der Waals surface area contributed by atoms with Gasteiger partial charge in [0.25, 0.3) is 5.91 Å². The number of carbonyl (C=O) groups is 2. The molecule has 1 fully saturated rings. The van der Waals surface area contributed by atoms with E-state index in [1.54, 1.807) is 38.5 Å². The molecule has 6 nitrogen and oxygen atoms in total. The number of rotatable bonds is 7. The van der Waals surface area contributed by atoms with Gasteiger partial charge in [-0.15, -0.1) is 0 Å². The Kier molecular flexibility index (Phi) is 5.53. The van der Waals surface area contributed by atoms with Crippen molar-refractivity contribution in [3.05, 3.63) is 54.1 Å². The molecule has 0 radical (unpaired) electrons. The molecule has 1 saturated heterocycles. The highest BCUT2D eigenvalue weighted by atomic mass is 16.5. The van der Waals surface area contributed by atoms with Crippen LogP contribution in [0.1, 0.15) is 12.0 Å². The number of hydrogen-bond donors (Lipinski definition) is 1. The number of anilines is 1. The Morgan fingerprint density at radius 3 is 2.46 bits per heavy atom. The lowest BCUT2D eigenvalue weighted by Gasteiger charge is -2.16. The third kappa shape index (κ3) is 3.86. The summed E-state index contributed by atoms with van der Waals surface area (Å²) in [6.07, 6.45) is 0.917. The zero-order valence-corrected chi connectivity index (χ0v) is 14.9. The van der Waals surface area contributed by atoms with E-state index in [4.69, 9.17) is 9.47 Å². The molecule has 0 unspecified atom stereocenters. The van der Waals surface area contributed by atoms with Gasteiger partial charge in [0.15, 0.2) is 0 Å². The van der Waals surface area contributed by atoms with E-state index in [1.807, 2.05) is 24.3 Å². The van der Waals surface area contributed by atoms with Crippen LogP contribution in [0.25, 0.3) is 0 Å². The Bertz CT molecular complexity index is 789. The van der Waals surface area contributed by atoms with Crippen molar-refractivity contribution in [3.8, 4) is 11.5 Å². The number of imide groups is 1. The summed E-state index contributed by atoms with van der Waals surface area (Å²) < 4.78 is 10.3. The van der Waals surface area contributed by atoms with Gasteiger partial charge >= 0.3 is 0 Å². The minimum absolute atomic E-state index is 0.170. The van der Waals surface area contributed by atoms with Gasteiger partial charge in [-0.3, -0.25) is 9.59 Å². The van der Waals surface area contributed by atoms with Crippen molar-refractivity contribution in [3.63, 3.8) is 0 Å². The normalized spacial score (nSPS) is 16.8. The van der Waals surface area contributed by atoms with Gasteiger partial charge in [-0.05, 0) is 54.9 Å². The molecule has 2 aromatic carbocycles. The van der Waals surface area contributed by atoms with Crippen LogP contribution < -0.4 is 19.7 Å². The first kappa shape index (κ1) is 17.9. The zero-order valence-electron chi connectivity index (χ0n) is 14.9. The van der Waals surface area contributed by atoms with E-state index < -0.39 is 6.04 Å². The van der Waals surface area contributed by atoms with Crippen molar-refractivity contribution in [2.75, 3.05) is 25.7 Å². The SMILES string of the molecule is COc1ccc(N2C(=O)C[C@H](NCCc3cccc(OC)c3)C2=O)cc1. The average Bonchev–Trinajstić information content (AvgIpc) is 2.95. The summed E-state index contributed by atoms with van der Waals surface area (Å²) in [5.41, 5.74) is 1.68. The minimum Gasteiger partial charge on any atom is -0.497 e. The third-order valence-electron chi connectivity index (χ3n) is 4.42. The fourth-order valence-corrected chi connectivity index (χ4v) is 3.01. The van der Waals surface area contributed by atoms with E-state index in [1.165, 1.54) is 4.90 Å². The maximum atomic E-state index is 12.6. The topological polar surface area (TPSA) is 67.9 Å². The Balaban J connectivity index is 1.59. The molecule has 1 atom stereocenters. The quantitative estimate of drug-likeness (QED) is 0.772. The number of ether oxygens (including phenoxy) is 2. The van der Waals surface area contributed by atoms with Gasteiger partial charge in [0.2, 0.25) is 5.91 Å². The van der Waals surface area contributed by atoms with E-state index in [0.717, 1.165) is 17.7 Å². The van der Waals surface area contributed by atoms with Crippen LogP contribution in [-0.4, -0.2) is 38.6 Å². The highest BCUT2D eigenvalue weighted by Gasteiger charge is 2.39. The number of nitrogens with one attached hydrogen (secondary N) is 1. The highest BCUT2D eigenvalue weighted by molar-refractivity contribution is 6.22. The smallest absolute Gasteiger partial charge is 0.251 e. The average molecular weight is 354 g/mol. The second-order valence-electron chi connectivity index (χ2n) is 6.08. The predicted molar refractivity (Wildman–Crippen MR) is 98.6 cm³/mol. The van der Waals surface area contributed by atoms with Gasteiger partial charge in [0, 0.05) is 0 Å². The third-order valence-corrected chi connectivity index (χ3v) is 4.42. The maximum Gasteiger partial charge on any atom is 0.251 e. The van der Waals surface area contributed by atoms with Gasteiger partial charge < -0.3 is 14.8 Å². The number of amides is 2. The summed E-state index contributed by atoms with van der Waals surface area (Å²) in [4.78, 5) is 26.1. The summed E-state index contributed by atoms with van der Waals surface area (Å²) in [5, 5.41) is 3.19. The standard InChI is InChI=1S/C20H22N2O4/c1-25-16-8-6-15(7-9-16)22-19(23)13-18(20(22)24)21-11-10-14-4-3-5-17(12-14)26-2/h3-9,12,18,21H,10-11,13H2,1-2H3/t18-/m0/s1. The summed E-state index contributed by atoms with van der Waals surface area (Å²) in [7, 11) is 3.21. The Morgan fingerprint density at radius 2 is 1.77 bits per heavy atom. The number of nitrogens with zero attached hydrogens (tertiary/aromatic N) is 1. The second kappa shape index (κ2) is 8.01. The summed E-state index contributed by atoms with van der Waals surface area (Å²) in [6, 6.07) is 14.2. The van der Waals surface area contributed by atoms with Gasteiger partial charge in [-0.1, -0.05) is 12.1 Å². The van der Waals surface area contributed by atoms with E-state index in [0.29, 0.717) is 18.0 Å². The van der Waals surface area contributed by atoms with Gasteiger partial charge in [0.1, 0.15) is 11.5 Å². The molecule has 6 heteroatoms. The van der Waals surface area contributed by atoms with Gasteiger partial charge in [-0.2, -0.15) is 0 Å². The van der Waals surface area contributed by atoms with Crippen molar-refractivity contribution in [2.24, 2.45) is 0 Å². The lowest BCUT2D eigenvalue weighted by atomic mass is 10.1. The molecule has 136 valence electrons. The molecule has 1 N–H and O–H groups in total. The molecular weight excluding hydrogens is 332 g/mol. The fourth-order valence-electron chi connectivity index (χ4n) is 3.01. The largest absolute Gasteiger partial charge is 0.497 e. The number of methoxy groups -OCH3 is 2.